The number of carbonyl (C=O) groups is 2. The first-order valence-corrected chi connectivity index (χ1v) is 11.1. The number of halogens is 3. The van der Waals surface area contributed by atoms with Crippen LogP contribution < -0.4 is 20.9 Å². The molecule has 1 saturated carbocycles. The van der Waals surface area contributed by atoms with Gasteiger partial charge in [0.1, 0.15) is 0 Å². The van der Waals surface area contributed by atoms with Gasteiger partial charge in [0.15, 0.2) is 0 Å². The molecule has 1 saturated heterocycles. The zero-order chi connectivity index (χ0) is 23.6. The lowest BCUT2D eigenvalue weighted by molar-refractivity contribution is -0.137. The topological polar surface area (TPSA) is 73.5 Å². The standard InChI is InChI=1S/C24H27F3N4O2/c1-15-9-11-31(12-10-15)21-8-7-19(14-20(21)22(32)28-17-5-6-17)30-23(33)29-18-4-2-3-16(13-18)24(25,26)27/h2-4,7-8,13-15,17H,5-6,9-12H2,1H3,(H,28,32)(H2,29,30,33). The summed E-state index contributed by atoms with van der Waals surface area (Å²) in [6.07, 6.45) is -0.495. The van der Waals surface area contributed by atoms with Crippen molar-refractivity contribution in [3.8, 4) is 0 Å². The lowest BCUT2D eigenvalue weighted by Crippen LogP contribution is -2.35. The average molecular weight is 461 g/mol. The van der Waals surface area contributed by atoms with Gasteiger partial charge in [-0.15, -0.1) is 0 Å². The third-order valence-electron chi connectivity index (χ3n) is 5.98. The molecule has 33 heavy (non-hydrogen) atoms. The van der Waals surface area contributed by atoms with Crippen molar-refractivity contribution in [1.29, 1.82) is 0 Å². The Bertz CT molecular complexity index is 1030. The highest BCUT2D eigenvalue weighted by molar-refractivity contribution is 6.04. The summed E-state index contributed by atoms with van der Waals surface area (Å²) in [5.74, 6) is 0.457. The van der Waals surface area contributed by atoms with Crippen molar-refractivity contribution in [2.75, 3.05) is 28.6 Å². The van der Waals surface area contributed by atoms with Crippen molar-refractivity contribution >= 4 is 29.0 Å². The van der Waals surface area contributed by atoms with E-state index < -0.39 is 17.8 Å². The molecule has 0 bridgehead atoms. The highest BCUT2D eigenvalue weighted by Gasteiger charge is 2.30. The van der Waals surface area contributed by atoms with Crippen LogP contribution in [0.5, 0.6) is 0 Å². The van der Waals surface area contributed by atoms with Crippen molar-refractivity contribution in [1.82, 2.24) is 5.32 Å². The number of hydrogen-bond acceptors (Lipinski definition) is 3. The van der Waals surface area contributed by atoms with E-state index in [1.165, 1.54) is 12.1 Å². The van der Waals surface area contributed by atoms with Crippen LogP contribution in [-0.4, -0.2) is 31.1 Å². The number of nitrogens with zero attached hydrogens (tertiary/aromatic N) is 1. The number of hydrogen-bond donors (Lipinski definition) is 3. The summed E-state index contributed by atoms with van der Waals surface area (Å²) in [5.41, 5.74) is 0.861. The monoisotopic (exact) mass is 460 g/mol. The fraction of sp³-hybridized carbons (Fsp3) is 0.417. The largest absolute Gasteiger partial charge is 0.416 e. The first-order chi connectivity index (χ1) is 15.7. The maximum Gasteiger partial charge on any atom is 0.416 e. The molecule has 9 heteroatoms. The van der Waals surface area contributed by atoms with E-state index in [0.717, 1.165) is 56.6 Å². The van der Waals surface area contributed by atoms with Crippen LogP contribution in [0.1, 0.15) is 48.5 Å². The summed E-state index contributed by atoms with van der Waals surface area (Å²) in [4.78, 5) is 27.5. The Morgan fingerprint density at radius 1 is 0.939 bits per heavy atom. The minimum atomic E-state index is -4.50. The molecular formula is C24H27F3N4O2. The van der Waals surface area contributed by atoms with Crippen LogP contribution in [0.4, 0.5) is 35.0 Å². The van der Waals surface area contributed by atoms with E-state index in [-0.39, 0.29) is 17.6 Å². The molecule has 176 valence electrons. The number of nitrogens with one attached hydrogen (secondary N) is 3. The highest BCUT2D eigenvalue weighted by Crippen LogP contribution is 2.32. The van der Waals surface area contributed by atoms with E-state index in [1.54, 1.807) is 12.1 Å². The fourth-order valence-corrected chi connectivity index (χ4v) is 3.88. The van der Waals surface area contributed by atoms with Crippen LogP contribution in [0, 0.1) is 5.92 Å². The Hall–Kier alpha value is -3.23. The molecule has 0 aromatic heterocycles. The summed E-state index contributed by atoms with van der Waals surface area (Å²) in [6.45, 7) is 3.93. The molecule has 2 aliphatic rings. The SMILES string of the molecule is CC1CCN(c2ccc(NC(=O)Nc3cccc(C(F)(F)F)c3)cc2C(=O)NC2CC2)CC1. The molecule has 0 unspecified atom stereocenters. The number of alkyl halides is 3. The van der Waals surface area contributed by atoms with E-state index in [1.807, 2.05) is 6.07 Å². The second-order valence-electron chi connectivity index (χ2n) is 8.81. The summed E-state index contributed by atoms with van der Waals surface area (Å²) in [5, 5.41) is 8.03. The second-order valence-corrected chi connectivity index (χ2v) is 8.81. The molecule has 0 radical (unpaired) electrons. The molecular weight excluding hydrogens is 433 g/mol. The predicted molar refractivity (Wildman–Crippen MR) is 122 cm³/mol. The van der Waals surface area contributed by atoms with Crippen LogP contribution in [0.25, 0.3) is 0 Å². The molecule has 2 aromatic carbocycles. The number of amides is 3. The molecule has 2 fully saturated rings. The number of carbonyl (C=O) groups excluding carboxylic acids is 2. The summed E-state index contributed by atoms with van der Waals surface area (Å²) in [7, 11) is 0. The van der Waals surface area contributed by atoms with Gasteiger partial charge in [0.2, 0.25) is 0 Å². The van der Waals surface area contributed by atoms with Crippen LogP contribution in [0.3, 0.4) is 0 Å². The molecule has 6 nitrogen and oxygen atoms in total. The summed E-state index contributed by atoms with van der Waals surface area (Å²) in [6, 6.07) is 9.05. The molecule has 0 atom stereocenters. The summed E-state index contributed by atoms with van der Waals surface area (Å²) >= 11 is 0. The molecule has 1 aliphatic carbocycles. The Balaban J connectivity index is 1.50. The summed E-state index contributed by atoms with van der Waals surface area (Å²) < 4.78 is 38.7. The molecule has 3 amide bonds. The van der Waals surface area contributed by atoms with Crippen molar-refractivity contribution in [3.05, 3.63) is 53.6 Å². The molecule has 4 rings (SSSR count). The van der Waals surface area contributed by atoms with Gasteiger partial charge in [-0.3, -0.25) is 4.79 Å². The lowest BCUT2D eigenvalue weighted by atomic mass is 9.98. The zero-order valence-corrected chi connectivity index (χ0v) is 18.3. The van der Waals surface area contributed by atoms with E-state index >= 15 is 0 Å². The number of benzene rings is 2. The maximum absolute atomic E-state index is 12.9. The minimum absolute atomic E-state index is 0.0214. The molecule has 0 spiro atoms. The molecule has 2 aromatic rings. The maximum atomic E-state index is 12.9. The van der Waals surface area contributed by atoms with Crippen LogP contribution in [0.15, 0.2) is 42.5 Å². The number of anilines is 3. The Morgan fingerprint density at radius 2 is 1.61 bits per heavy atom. The highest BCUT2D eigenvalue weighted by atomic mass is 19.4. The van der Waals surface area contributed by atoms with Crippen molar-refractivity contribution < 1.29 is 22.8 Å². The van der Waals surface area contributed by atoms with Gasteiger partial charge in [-0.2, -0.15) is 13.2 Å². The third kappa shape index (κ3) is 5.97. The van der Waals surface area contributed by atoms with Gasteiger partial charge in [-0.25, -0.2) is 4.79 Å². The smallest absolute Gasteiger partial charge is 0.371 e. The number of piperidine rings is 1. The Kier molecular flexibility index (Phi) is 6.49. The third-order valence-corrected chi connectivity index (χ3v) is 5.98. The van der Waals surface area contributed by atoms with Crippen molar-refractivity contribution in [3.63, 3.8) is 0 Å². The van der Waals surface area contributed by atoms with Gasteiger partial charge in [-0.05, 0) is 68.0 Å². The van der Waals surface area contributed by atoms with E-state index in [9.17, 15) is 22.8 Å². The molecule has 1 heterocycles. The van der Waals surface area contributed by atoms with E-state index in [4.69, 9.17) is 0 Å². The first kappa shape index (κ1) is 22.9. The normalized spacial score (nSPS) is 16.9. The van der Waals surface area contributed by atoms with Gasteiger partial charge in [0, 0.05) is 36.2 Å². The lowest BCUT2D eigenvalue weighted by Gasteiger charge is -2.33. The average Bonchev–Trinajstić information content (AvgIpc) is 3.58. The van der Waals surface area contributed by atoms with Gasteiger partial charge >= 0.3 is 12.2 Å². The van der Waals surface area contributed by atoms with Crippen molar-refractivity contribution in [2.45, 2.75) is 44.8 Å². The molecule has 3 N–H and O–H groups in total. The van der Waals surface area contributed by atoms with Crippen LogP contribution >= 0.6 is 0 Å². The Labute approximate surface area is 190 Å². The number of urea groups is 1. The van der Waals surface area contributed by atoms with Gasteiger partial charge in [0.05, 0.1) is 11.1 Å². The van der Waals surface area contributed by atoms with Gasteiger partial charge in [0.25, 0.3) is 5.91 Å². The first-order valence-electron chi connectivity index (χ1n) is 11.1. The van der Waals surface area contributed by atoms with Gasteiger partial charge < -0.3 is 20.9 Å². The van der Waals surface area contributed by atoms with Crippen LogP contribution in [0.2, 0.25) is 0 Å². The minimum Gasteiger partial charge on any atom is -0.371 e. The molecule has 1 aliphatic heterocycles. The predicted octanol–water partition coefficient (Wildman–Crippen LogP) is 5.48. The number of rotatable bonds is 5. The van der Waals surface area contributed by atoms with Crippen LogP contribution in [-0.2, 0) is 6.18 Å². The fourth-order valence-electron chi connectivity index (χ4n) is 3.88. The van der Waals surface area contributed by atoms with E-state index in [0.29, 0.717) is 17.2 Å². The zero-order valence-electron chi connectivity index (χ0n) is 18.3. The quantitative estimate of drug-likeness (QED) is 0.553. The van der Waals surface area contributed by atoms with Gasteiger partial charge in [-0.1, -0.05) is 13.0 Å². The van der Waals surface area contributed by atoms with E-state index in [2.05, 4.69) is 27.8 Å². The second kappa shape index (κ2) is 9.33. The van der Waals surface area contributed by atoms with Crippen molar-refractivity contribution in [2.24, 2.45) is 5.92 Å². The Morgan fingerprint density at radius 3 is 2.24 bits per heavy atom.